The normalized spacial score (nSPS) is 15.4. The van der Waals surface area contributed by atoms with Gasteiger partial charge in [0.2, 0.25) is 0 Å². The predicted octanol–water partition coefficient (Wildman–Crippen LogP) is 3.55. The van der Waals surface area contributed by atoms with E-state index in [1.807, 2.05) is 62.6 Å². The predicted molar refractivity (Wildman–Crippen MR) is 100 cm³/mol. The molecule has 0 aliphatic heterocycles. The topological polar surface area (TPSA) is 67.2 Å². The number of carbonyl (C=O) groups excluding carboxylic acids is 1. The molecule has 136 valence electrons. The number of hydrogen-bond donors (Lipinski definition) is 2. The van der Waals surface area contributed by atoms with Gasteiger partial charge in [0.05, 0.1) is 17.8 Å². The number of para-hydroxylation sites is 1. The van der Waals surface area contributed by atoms with E-state index in [-0.39, 0.29) is 12.5 Å². The number of nitrogens with one attached hydrogen (secondary N) is 1. The molecule has 2 N–H and O–H groups in total. The van der Waals surface area contributed by atoms with E-state index in [9.17, 15) is 9.90 Å². The first-order valence-corrected chi connectivity index (χ1v) is 9.11. The van der Waals surface area contributed by atoms with E-state index in [0.717, 1.165) is 42.9 Å². The maximum Gasteiger partial charge on any atom is 0.272 e. The van der Waals surface area contributed by atoms with Crippen molar-refractivity contribution in [3.8, 4) is 5.69 Å². The molecular weight excluding hydrogens is 314 g/mol. The molecule has 0 radical (unpaired) electrons. The number of hydrogen-bond acceptors (Lipinski definition) is 3. The molecule has 0 spiro atoms. The van der Waals surface area contributed by atoms with Gasteiger partial charge in [0.15, 0.2) is 0 Å². The Morgan fingerprint density at radius 3 is 2.36 bits per heavy atom. The minimum absolute atomic E-state index is 0.0177. The molecule has 0 saturated heterocycles. The second-order valence-corrected chi connectivity index (χ2v) is 6.36. The summed E-state index contributed by atoms with van der Waals surface area (Å²) in [6.07, 6.45) is 3.73. The van der Waals surface area contributed by atoms with Crippen LogP contribution in [0.25, 0.3) is 5.69 Å². The number of benzene rings is 1. The second-order valence-electron chi connectivity index (χ2n) is 6.36. The molecule has 1 aromatic carbocycles. The zero-order valence-corrected chi connectivity index (χ0v) is 15.7. The Balaban J connectivity index is 0.00000109. The number of rotatable bonds is 4. The molecule has 2 aromatic rings. The maximum atomic E-state index is 12.7. The lowest BCUT2D eigenvalue weighted by molar-refractivity contribution is 0.0833. The van der Waals surface area contributed by atoms with Crippen LogP contribution < -0.4 is 5.32 Å². The second kappa shape index (κ2) is 8.30. The van der Waals surface area contributed by atoms with Crippen molar-refractivity contribution in [2.75, 3.05) is 6.61 Å². The Labute approximate surface area is 150 Å². The summed E-state index contributed by atoms with van der Waals surface area (Å²) in [5, 5.41) is 12.7. The van der Waals surface area contributed by atoms with Gasteiger partial charge in [-0.3, -0.25) is 4.79 Å². The Bertz CT molecular complexity index is 701. The summed E-state index contributed by atoms with van der Waals surface area (Å²) in [6.45, 7) is 7.78. The molecule has 5 heteroatoms. The molecule has 1 aliphatic rings. The molecule has 0 unspecified atom stereocenters. The summed E-state index contributed by atoms with van der Waals surface area (Å²) in [5.74, 6) is 0.583. The third-order valence-corrected chi connectivity index (χ3v) is 4.75. The van der Waals surface area contributed by atoms with Crippen molar-refractivity contribution in [2.24, 2.45) is 0 Å². The van der Waals surface area contributed by atoms with Crippen LogP contribution in [0.2, 0.25) is 0 Å². The Morgan fingerprint density at radius 2 is 1.80 bits per heavy atom. The van der Waals surface area contributed by atoms with E-state index < -0.39 is 5.54 Å². The Hall–Kier alpha value is -2.14. The SMILES string of the molecule is CC.Cc1nc(C(=O)NC2(CO)CCCC2)c(C)n1-c1ccccc1. The van der Waals surface area contributed by atoms with Crippen molar-refractivity contribution < 1.29 is 9.90 Å². The molecule has 1 fully saturated rings. The van der Waals surface area contributed by atoms with Gasteiger partial charge in [-0.05, 0) is 38.8 Å². The first-order chi connectivity index (χ1) is 12.1. The first kappa shape index (κ1) is 19.2. The van der Waals surface area contributed by atoms with Crippen molar-refractivity contribution >= 4 is 5.91 Å². The lowest BCUT2D eigenvalue weighted by Crippen LogP contribution is -2.49. The number of aliphatic hydroxyl groups excluding tert-OH is 1. The zero-order valence-electron chi connectivity index (χ0n) is 15.7. The quantitative estimate of drug-likeness (QED) is 0.892. The molecule has 1 aromatic heterocycles. The van der Waals surface area contributed by atoms with Gasteiger partial charge in [-0.15, -0.1) is 0 Å². The van der Waals surface area contributed by atoms with E-state index in [0.29, 0.717) is 5.69 Å². The molecule has 1 saturated carbocycles. The molecule has 0 bridgehead atoms. The van der Waals surface area contributed by atoms with Gasteiger partial charge in [-0.2, -0.15) is 0 Å². The van der Waals surface area contributed by atoms with Gasteiger partial charge in [0.25, 0.3) is 5.91 Å². The highest BCUT2D eigenvalue weighted by atomic mass is 16.3. The molecule has 1 heterocycles. The highest BCUT2D eigenvalue weighted by Gasteiger charge is 2.35. The lowest BCUT2D eigenvalue weighted by Gasteiger charge is -2.27. The molecular formula is C20H29N3O2. The highest BCUT2D eigenvalue weighted by molar-refractivity contribution is 5.94. The third-order valence-electron chi connectivity index (χ3n) is 4.75. The minimum atomic E-state index is -0.478. The number of aromatic nitrogens is 2. The van der Waals surface area contributed by atoms with Crippen LogP contribution in [0.15, 0.2) is 30.3 Å². The first-order valence-electron chi connectivity index (χ1n) is 9.11. The molecule has 0 atom stereocenters. The summed E-state index contributed by atoms with van der Waals surface area (Å²) in [7, 11) is 0. The van der Waals surface area contributed by atoms with Crippen LogP contribution in [-0.2, 0) is 0 Å². The van der Waals surface area contributed by atoms with Crippen LogP contribution in [-0.4, -0.2) is 32.7 Å². The van der Waals surface area contributed by atoms with Crippen LogP contribution in [0.5, 0.6) is 0 Å². The van der Waals surface area contributed by atoms with Crippen molar-refractivity contribution in [3.63, 3.8) is 0 Å². The van der Waals surface area contributed by atoms with Gasteiger partial charge in [-0.1, -0.05) is 44.9 Å². The van der Waals surface area contributed by atoms with Crippen molar-refractivity contribution in [3.05, 3.63) is 47.5 Å². The zero-order chi connectivity index (χ0) is 18.4. The fraction of sp³-hybridized carbons (Fsp3) is 0.500. The standard InChI is InChI=1S/C18H23N3O2.C2H6/c1-13-16(17(23)20-18(12-22)10-6-7-11-18)19-14(2)21(13)15-8-4-3-5-9-15;1-2/h3-5,8-9,22H,6-7,10-12H2,1-2H3,(H,20,23);1-2H3. The van der Waals surface area contributed by atoms with Crippen LogP contribution in [0.3, 0.4) is 0 Å². The van der Waals surface area contributed by atoms with Gasteiger partial charge >= 0.3 is 0 Å². The van der Waals surface area contributed by atoms with Crippen molar-refractivity contribution in [1.82, 2.24) is 14.9 Å². The van der Waals surface area contributed by atoms with E-state index in [1.165, 1.54) is 0 Å². The van der Waals surface area contributed by atoms with Crippen LogP contribution in [0, 0.1) is 13.8 Å². The number of carbonyl (C=O) groups is 1. The third kappa shape index (κ3) is 3.93. The largest absolute Gasteiger partial charge is 0.394 e. The molecule has 1 aliphatic carbocycles. The molecule has 25 heavy (non-hydrogen) atoms. The monoisotopic (exact) mass is 343 g/mol. The van der Waals surface area contributed by atoms with Gasteiger partial charge in [0.1, 0.15) is 11.5 Å². The van der Waals surface area contributed by atoms with Crippen LogP contribution >= 0.6 is 0 Å². The summed E-state index contributed by atoms with van der Waals surface area (Å²) < 4.78 is 1.98. The molecule has 1 amide bonds. The minimum Gasteiger partial charge on any atom is -0.394 e. The number of aryl methyl sites for hydroxylation is 1. The van der Waals surface area contributed by atoms with Crippen LogP contribution in [0.1, 0.15) is 61.5 Å². The summed E-state index contributed by atoms with van der Waals surface area (Å²) in [5.41, 5.74) is 1.77. The molecule has 3 rings (SSSR count). The van der Waals surface area contributed by atoms with E-state index in [1.54, 1.807) is 0 Å². The van der Waals surface area contributed by atoms with Gasteiger partial charge < -0.3 is 15.0 Å². The molecule has 5 nitrogen and oxygen atoms in total. The summed E-state index contributed by atoms with van der Waals surface area (Å²) >= 11 is 0. The Kier molecular flexibility index (Phi) is 6.37. The fourth-order valence-electron chi connectivity index (χ4n) is 3.49. The number of amides is 1. The lowest BCUT2D eigenvalue weighted by atomic mass is 9.98. The number of imidazole rings is 1. The van der Waals surface area contributed by atoms with E-state index in [4.69, 9.17) is 0 Å². The highest BCUT2D eigenvalue weighted by Crippen LogP contribution is 2.29. The average Bonchev–Trinajstić information content (AvgIpc) is 3.22. The van der Waals surface area contributed by atoms with Crippen molar-refractivity contribution in [2.45, 2.75) is 58.9 Å². The smallest absolute Gasteiger partial charge is 0.272 e. The Morgan fingerprint density at radius 1 is 1.20 bits per heavy atom. The van der Waals surface area contributed by atoms with Gasteiger partial charge in [-0.25, -0.2) is 4.98 Å². The van der Waals surface area contributed by atoms with E-state index >= 15 is 0 Å². The van der Waals surface area contributed by atoms with Crippen LogP contribution in [0.4, 0.5) is 0 Å². The average molecular weight is 343 g/mol. The number of nitrogens with zero attached hydrogens (tertiary/aromatic N) is 2. The summed E-state index contributed by atoms with van der Waals surface area (Å²) in [6, 6.07) is 9.88. The summed E-state index contributed by atoms with van der Waals surface area (Å²) in [4.78, 5) is 17.1. The van der Waals surface area contributed by atoms with E-state index in [2.05, 4.69) is 10.3 Å². The van der Waals surface area contributed by atoms with Gasteiger partial charge in [0, 0.05) is 5.69 Å². The fourth-order valence-corrected chi connectivity index (χ4v) is 3.49. The number of aliphatic hydroxyl groups is 1. The van der Waals surface area contributed by atoms with Crippen molar-refractivity contribution in [1.29, 1.82) is 0 Å². The maximum absolute atomic E-state index is 12.7.